The molecule has 0 aliphatic carbocycles. The Kier molecular flexibility index (Phi) is 3.95. The molecule has 1 nitrogen and oxygen atoms in total. The molecule has 12 heavy (non-hydrogen) atoms. The molecule has 1 rings (SSSR count). The first kappa shape index (κ1) is 10.9. The van der Waals surface area contributed by atoms with E-state index < -0.39 is 7.14 Å². The van der Waals surface area contributed by atoms with Crippen LogP contribution in [0.3, 0.4) is 0 Å². The number of rotatable bonds is 3. The Morgan fingerprint density at radius 3 is 2.58 bits per heavy atom. The van der Waals surface area contributed by atoms with Crippen molar-refractivity contribution in [2.24, 2.45) is 0 Å². The van der Waals surface area contributed by atoms with Crippen molar-refractivity contribution in [1.29, 1.82) is 0 Å². The molecule has 0 spiro atoms. The van der Waals surface area contributed by atoms with Gasteiger partial charge in [-0.05, 0) is 12.8 Å². The van der Waals surface area contributed by atoms with Crippen molar-refractivity contribution in [3.63, 3.8) is 0 Å². The molecule has 1 fully saturated rings. The molecule has 0 aromatic rings. The van der Waals surface area contributed by atoms with Gasteiger partial charge in [0.05, 0.1) is 5.38 Å². The highest BCUT2D eigenvalue weighted by molar-refractivity contribution is 7.66. The monoisotopic (exact) mass is 228 g/mol. The maximum absolute atomic E-state index is 12.1. The van der Waals surface area contributed by atoms with E-state index in [2.05, 4.69) is 6.92 Å². The smallest absolute Gasteiger partial charge is 0.106 e. The second kappa shape index (κ2) is 4.35. The lowest BCUT2D eigenvalue weighted by molar-refractivity contribution is 0.575. The molecule has 0 aromatic heterocycles. The van der Waals surface area contributed by atoms with E-state index in [1.54, 1.807) is 0 Å². The lowest BCUT2D eigenvalue weighted by Gasteiger charge is -2.15. The summed E-state index contributed by atoms with van der Waals surface area (Å²) in [6.07, 6.45) is 4.48. The summed E-state index contributed by atoms with van der Waals surface area (Å²) in [5.41, 5.74) is 0. The molecule has 0 radical (unpaired) electrons. The highest BCUT2D eigenvalue weighted by Crippen LogP contribution is 2.61. The largest absolute Gasteiger partial charge is 0.322 e. The van der Waals surface area contributed by atoms with Crippen LogP contribution in [-0.2, 0) is 4.57 Å². The minimum atomic E-state index is -2.10. The molecule has 0 bridgehead atoms. The van der Waals surface area contributed by atoms with Crippen LogP contribution in [0.5, 0.6) is 0 Å². The minimum absolute atomic E-state index is 0.0608. The maximum Gasteiger partial charge on any atom is 0.106 e. The van der Waals surface area contributed by atoms with Gasteiger partial charge in [-0.15, -0.1) is 23.2 Å². The average molecular weight is 229 g/mol. The first-order valence-electron chi connectivity index (χ1n) is 4.46. The van der Waals surface area contributed by atoms with E-state index in [0.29, 0.717) is 0 Å². The normalized spacial score (nSPS) is 41.9. The van der Waals surface area contributed by atoms with Gasteiger partial charge in [0.2, 0.25) is 0 Å². The fourth-order valence-corrected chi connectivity index (χ4v) is 6.17. The molecule has 0 aromatic carbocycles. The molecular formula is C8H15Cl2OP. The first-order chi connectivity index (χ1) is 5.60. The Labute approximate surface area is 84.2 Å². The van der Waals surface area contributed by atoms with Crippen LogP contribution in [0.15, 0.2) is 0 Å². The van der Waals surface area contributed by atoms with Gasteiger partial charge in [0.25, 0.3) is 0 Å². The van der Waals surface area contributed by atoms with Crippen LogP contribution in [0.1, 0.15) is 26.2 Å². The third kappa shape index (κ3) is 2.19. The molecule has 1 aliphatic rings. The third-order valence-electron chi connectivity index (χ3n) is 2.42. The Balaban J connectivity index is 2.54. The van der Waals surface area contributed by atoms with E-state index >= 15 is 0 Å². The highest BCUT2D eigenvalue weighted by Gasteiger charge is 2.41. The summed E-state index contributed by atoms with van der Waals surface area (Å²) in [6.45, 7) is 2.10. The van der Waals surface area contributed by atoms with E-state index in [0.717, 1.165) is 31.6 Å². The van der Waals surface area contributed by atoms with Crippen LogP contribution >= 0.6 is 30.3 Å². The average Bonchev–Trinajstić information content (AvgIpc) is 2.31. The molecule has 1 aliphatic heterocycles. The third-order valence-corrected chi connectivity index (χ3v) is 7.92. The molecular weight excluding hydrogens is 214 g/mol. The lowest BCUT2D eigenvalue weighted by Crippen LogP contribution is -2.07. The van der Waals surface area contributed by atoms with Gasteiger partial charge < -0.3 is 4.57 Å². The summed E-state index contributed by atoms with van der Waals surface area (Å²) in [6, 6.07) is 0. The molecule has 3 atom stereocenters. The Morgan fingerprint density at radius 1 is 1.50 bits per heavy atom. The highest BCUT2D eigenvalue weighted by atomic mass is 35.5. The van der Waals surface area contributed by atoms with Crippen LogP contribution in [0.2, 0.25) is 0 Å². The van der Waals surface area contributed by atoms with Crippen LogP contribution < -0.4 is 0 Å². The fourth-order valence-electron chi connectivity index (χ4n) is 1.56. The minimum Gasteiger partial charge on any atom is -0.322 e. The quantitative estimate of drug-likeness (QED) is 0.532. The van der Waals surface area contributed by atoms with Gasteiger partial charge in [0.1, 0.15) is 12.3 Å². The molecule has 72 valence electrons. The van der Waals surface area contributed by atoms with Crippen molar-refractivity contribution in [3.05, 3.63) is 0 Å². The summed E-state index contributed by atoms with van der Waals surface area (Å²) in [5, 5.41) is -0.319. The van der Waals surface area contributed by atoms with Crippen LogP contribution in [0.4, 0.5) is 0 Å². The van der Waals surface area contributed by atoms with Gasteiger partial charge in [0.15, 0.2) is 0 Å². The van der Waals surface area contributed by atoms with E-state index in [9.17, 15) is 4.57 Å². The molecule has 0 amide bonds. The zero-order chi connectivity index (χ0) is 9.19. The predicted octanol–water partition coefficient (Wildman–Crippen LogP) is 3.73. The Hall–Kier alpha value is 0.810. The summed E-state index contributed by atoms with van der Waals surface area (Å²) >= 11 is 11.9. The molecule has 3 unspecified atom stereocenters. The van der Waals surface area contributed by atoms with Crippen molar-refractivity contribution in [2.75, 3.05) is 12.3 Å². The van der Waals surface area contributed by atoms with Gasteiger partial charge in [-0.25, -0.2) is 0 Å². The lowest BCUT2D eigenvalue weighted by atomic mass is 10.4. The zero-order valence-corrected chi connectivity index (χ0v) is 9.71. The molecule has 1 saturated heterocycles. The summed E-state index contributed by atoms with van der Waals surface area (Å²) in [4.78, 5) is 0. The number of alkyl halides is 2. The number of hydrogen-bond acceptors (Lipinski definition) is 1. The van der Waals surface area contributed by atoms with Gasteiger partial charge in [-0.1, -0.05) is 13.3 Å². The van der Waals surface area contributed by atoms with Gasteiger partial charge >= 0.3 is 0 Å². The van der Waals surface area contributed by atoms with Crippen LogP contribution in [0.25, 0.3) is 0 Å². The summed E-state index contributed by atoms with van der Waals surface area (Å²) < 4.78 is 12.1. The van der Waals surface area contributed by atoms with Gasteiger partial charge in [-0.2, -0.15) is 0 Å². The first-order valence-corrected chi connectivity index (χ1v) is 7.48. The second-order valence-corrected chi connectivity index (χ2v) is 8.12. The Bertz CT molecular complexity index is 195. The molecule has 0 saturated carbocycles. The van der Waals surface area contributed by atoms with E-state index in [1.807, 2.05) is 0 Å². The topological polar surface area (TPSA) is 17.1 Å². The number of halogens is 2. The number of unbranched alkanes of at least 4 members (excludes halogenated alkanes) is 1. The fraction of sp³-hybridized carbons (Fsp3) is 1.00. The predicted molar refractivity (Wildman–Crippen MR) is 56.1 cm³/mol. The SMILES string of the molecule is CCCCP1(=O)CCC(Cl)C1Cl. The van der Waals surface area contributed by atoms with Crippen molar-refractivity contribution in [2.45, 2.75) is 36.7 Å². The van der Waals surface area contributed by atoms with Crippen molar-refractivity contribution in [3.8, 4) is 0 Å². The van der Waals surface area contributed by atoms with Crippen molar-refractivity contribution in [1.82, 2.24) is 0 Å². The van der Waals surface area contributed by atoms with E-state index in [4.69, 9.17) is 23.2 Å². The van der Waals surface area contributed by atoms with Gasteiger partial charge in [-0.3, -0.25) is 0 Å². The second-order valence-electron chi connectivity index (χ2n) is 3.43. The van der Waals surface area contributed by atoms with Crippen molar-refractivity contribution >= 4 is 30.3 Å². The van der Waals surface area contributed by atoms with Crippen molar-refractivity contribution < 1.29 is 4.57 Å². The van der Waals surface area contributed by atoms with E-state index in [-0.39, 0.29) is 10.5 Å². The zero-order valence-electron chi connectivity index (χ0n) is 7.30. The summed E-state index contributed by atoms with van der Waals surface area (Å²) in [7, 11) is -2.10. The maximum atomic E-state index is 12.1. The standard InChI is InChI=1S/C8H15Cl2OP/c1-2-3-5-12(11)6-4-7(9)8(12)10/h7-8H,2-6H2,1H3. The van der Waals surface area contributed by atoms with E-state index in [1.165, 1.54) is 0 Å². The summed E-state index contributed by atoms with van der Waals surface area (Å²) in [5.74, 6) is 0. The molecule has 0 N–H and O–H groups in total. The molecule has 4 heteroatoms. The Morgan fingerprint density at radius 2 is 2.17 bits per heavy atom. The number of hydrogen-bond donors (Lipinski definition) is 0. The van der Waals surface area contributed by atoms with Gasteiger partial charge in [0, 0.05) is 12.3 Å². The van der Waals surface area contributed by atoms with Crippen LogP contribution in [0, 0.1) is 0 Å². The molecule has 1 heterocycles. The van der Waals surface area contributed by atoms with Crippen LogP contribution in [-0.4, -0.2) is 22.8 Å².